The molecule has 4 heteroatoms. The third kappa shape index (κ3) is 4.92. The number of ether oxygens (including phenoxy) is 3. The lowest BCUT2D eigenvalue weighted by Gasteiger charge is -2.44. The Bertz CT molecular complexity index is 199. The highest BCUT2D eigenvalue weighted by molar-refractivity contribution is 4.97. The molecule has 0 aromatic carbocycles. The summed E-state index contributed by atoms with van der Waals surface area (Å²) >= 11 is 0. The molecule has 102 valence electrons. The maximum atomic E-state index is 5.85. The van der Waals surface area contributed by atoms with Gasteiger partial charge in [-0.25, -0.2) is 0 Å². The Kier molecular flexibility index (Phi) is 7.04. The van der Waals surface area contributed by atoms with E-state index in [1.807, 2.05) is 0 Å². The van der Waals surface area contributed by atoms with Crippen molar-refractivity contribution in [3.05, 3.63) is 0 Å². The summed E-state index contributed by atoms with van der Waals surface area (Å²) in [6.07, 6.45) is 1.49. The monoisotopic (exact) mass is 245 g/mol. The van der Waals surface area contributed by atoms with Crippen LogP contribution in [0, 0.1) is 5.92 Å². The van der Waals surface area contributed by atoms with Gasteiger partial charge in [-0.05, 0) is 18.9 Å². The van der Waals surface area contributed by atoms with Gasteiger partial charge in [0.25, 0.3) is 0 Å². The first-order valence-corrected chi connectivity index (χ1v) is 6.64. The fourth-order valence-corrected chi connectivity index (χ4v) is 2.01. The van der Waals surface area contributed by atoms with Gasteiger partial charge in [0.1, 0.15) is 0 Å². The second-order valence-electron chi connectivity index (χ2n) is 4.99. The summed E-state index contributed by atoms with van der Waals surface area (Å²) in [4.78, 5) is 0. The number of methoxy groups -OCH3 is 1. The van der Waals surface area contributed by atoms with Crippen molar-refractivity contribution < 1.29 is 14.2 Å². The topological polar surface area (TPSA) is 39.7 Å². The number of hydrogen-bond donors (Lipinski definition) is 1. The van der Waals surface area contributed by atoms with E-state index < -0.39 is 0 Å². The van der Waals surface area contributed by atoms with Crippen molar-refractivity contribution in [2.24, 2.45) is 5.92 Å². The van der Waals surface area contributed by atoms with E-state index in [-0.39, 0.29) is 12.2 Å². The molecule has 17 heavy (non-hydrogen) atoms. The van der Waals surface area contributed by atoms with Crippen LogP contribution in [-0.2, 0) is 14.2 Å². The van der Waals surface area contributed by atoms with Gasteiger partial charge in [-0.3, -0.25) is 0 Å². The van der Waals surface area contributed by atoms with E-state index in [2.05, 4.69) is 26.1 Å². The van der Waals surface area contributed by atoms with E-state index in [0.717, 1.165) is 19.6 Å². The molecule has 0 aromatic rings. The quantitative estimate of drug-likeness (QED) is 0.624. The van der Waals surface area contributed by atoms with Crippen LogP contribution in [0.3, 0.4) is 0 Å². The molecule has 0 amide bonds. The standard InChI is InChI=1S/C13H27NO3/c1-5-14-11-8-12(17-9-10(2)3)13(11)16-7-6-15-4/h10-14H,5-9H2,1-4H3. The minimum absolute atomic E-state index is 0.184. The SMILES string of the molecule is CCNC1CC(OCC(C)C)C1OCCOC. The van der Waals surface area contributed by atoms with E-state index in [0.29, 0.717) is 25.2 Å². The molecular weight excluding hydrogens is 218 g/mol. The van der Waals surface area contributed by atoms with Crippen LogP contribution in [0.15, 0.2) is 0 Å². The normalized spacial score (nSPS) is 28.4. The van der Waals surface area contributed by atoms with Gasteiger partial charge in [0.2, 0.25) is 0 Å². The second-order valence-corrected chi connectivity index (χ2v) is 4.99. The smallest absolute Gasteiger partial charge is 0.0991 e. The molecule has 1 saturated carbocycles. The predicted molar refractivity (Wildman–Crippen MR) is 68.3 cm³/mol. The fourth-order valence-electron chi connectivity index (χ4n) is 2.01. The largest absolute Gasteiger partial charge is 0.382 e. The summed E-state index contributed by atoms with van der Waals surface area (Å²) in [5.41, 5.74) is 0. The van der Waals surface area contributed by atoms with Gasteiger partial charge in [0, 0.05) is 19.8 Å². The van der Waals surface area contributed by atoms with Crippen molar-refractivity contribution in [2.45, 2.75) is 45.4 Å². The molecule has 0 radical (unpaired) electrons. The first-order valence-electron chi connectivity index (χ1n) is 6.64. The third-order valence-electron chi connectivity index (χ3n) is 2.96. The molecule has 1 fully saturated rings. The molecule has 0 aliphatic heterocycles. The van der Waals surface area contributed by atoms with Gasteiger partial charge in [-0.15, -0.1) is 0 Å². The van der Waals surface area contributed by atoms with Crippen molar-refractivity contribution in [3.8, 4) is 0 Å². The Hall–Kier alpha value is -0.160. The summed E-state index contributed by atoms with van der Waals surface area (Å²) in [7, 11) is 1.69. The molecule has 4 nitrogen and oxygen atoms in total. The highest BCUT2D eigenvalue weighted by atomic mass is 16.6. The molecule has 3 unspecified atom stereocenters. The Morgan fingerprint density at radius 2 is 2.00 bits per heavy atom. The second kappa shape index (κ2) is 8.03. The molecule has 0 aromatic heterocycles. The van der Waals surface area contributed by atoms with Gasteiger partial charge in [0.15, 0.2) is 0 Å². The van der Waals surface area contributed by atoms with Crippen LogP contribution in [0.2, 0.25) is 0 Å². The van der Waals surface area contributed by atoms with Crippen LogP contribution in [0.1, 0.15) is 27.2 Å². The highest BCUT2D eigenvalue weighted by Gasteiger charge is 2.42. The molecule has 3 atom stereocenters. The third-order valence-corrected chi connectivity index (χ3v) is 2.96. The number of hydrogen-bond acceptors (Lipinski definition) is 4. The number of rotatable bonds is 9. The number of nitrogens with one attached hydrogen (secondary N) is 1. The molecule has 0 heterocycles. The van der Waals surface area contributed by atoms with Crippen molar-refractivity contribution in [1.29, 1.82) is 0 Å². The van der Waals surface area contributed by atoms with Gasteiger partial charge < -0.3 is 19.5 Å². The summed E-state index contributed by atoms with van der Waals surface area (Å²) in [6, 6.07) is 0.439. The van der Waals surface area contributed by atoms with Gasteiger partial charge >= 0.3 is 0 Å². The molecule has 1 aliphatic carbocycles. The molecule has 0 bridgehead atoms. The zero-order valence-corrected chi connectivity index (χ0v) is 11.6. The Morgan fingerprint density at radius 1 is 1.24 bits per heavy atom. The minimum Gasteiger partial charge on any atom is -0.382 e. The lowest BCUT2D eigenvalue weighted by Crippen LogP contribution is -2.60. The van der Waals surface area contributed by atoms with Crippen LogP contribution < -0.4 is 5.32 Å². The first-order chi connectivity index (χ1) is 8.19. The highest BCUT2D eigenvalue weighted by Crippen LogP contribution is 2.27. The zero-order chi connectivity index (χ0) is 12.7. The molecule has 1 N–H and O–H groups in total. The Labute approximate surface area is 105 Å². The molecule has 1 rings (SSSR count). The summed E-state index contributed by atoms with van der Waals surface area (Å²) in [5.74, 6) is 0.577. The van der Waals surface area contributed by atoms with Crippen LogP contribution in [-0.4, -0.2) is 51.7 Å². The van der Waals surface area contributed by atoms with E-state index >= 15 is 0 Å². The van der Waals surface area contributed by atoms with E-state index in [1.54, 1.807) is 7.11 Å². The van der Waals surface area contributed by atoms with Gasteiger partial charge in [0.05, 0.1) is 25.4 Å². The van der Waals surface area contributed by atoms with Crippen LogP contribution >= 0.6 is 0 Å². The molecular formula is C13H27NO3. The minimum atomic E-state index is 0.184. The summed E-state index contributed by atoms with van der Waals surface area (Å²) in [5, 5.41) is 3.43. The fraction of sp³-hybridized carbons (Fsp3) is 1.00. The lowest BCUT2D eigenvalue weighted by molar-refractivity contribution is -0.155. The van der Waals surface area contributed by atoms with Crippen LogP contribution in [0.4, 0.5) is 0 Å². The van der Waals surface area contributed by atoms with E-state index in [4.69, 9.17) is 14.2 Å². The predicted octanol–water partition coefficient (Wildman–Crippen LogP) is 1.44. The maximum Gasteiger partial charge on any atom is 0.0991 e. The van der Waals surface area contributed by atoms with Crippen molar-refractivity contribution in [3.63, 3.8) is 0 Å². The average molecular weight is 245 g/mol. The lowest BCUT2D eigenvalue weighted by atomic mass is 9.85. The van der Waals surface area contributed by atoms with E-state index in [9.17, 15) is 0 Å². The van der Waals surface area contributed by atoms with Gasteiger partial charge in [-0.2, -0.15) is 0 Å². The van der Waals surface area contributed by atoms with Crippen molar-refractivity contribution >= 4 is 0 Å². The van der Waals surface area contributed by atoms with Crippen molar-refractivity contribution in [2.75, 3.05) is 33.5 Å². The molecule has 1 aliphatic rings. The first kappa shape index (κ1) is 14.9. The Balaban J connectivity index is 2.27. The van der Waals surface area contributed by atoms with Crippen molar-refractivity contribution in [1.82, 2.24) is 5.32 Å². The average Bonchev–Trinajstić information content (AvgIpc) is 2.28. The Morgan fingerprint density at radius 3 is 2.59 bits per heavy atom. The van der Waals surface area contributed by atoms with E-state index in [1.165, 1.54) is 0 Å². The van der Waals surface area contributed by atoms with Crippen LogP contribution in [0.5, 0.6) is 0 Å². The van der Waals surface area contributed by atoms with Gasteiger partial charge in [-0.1, -0.05) is 20.8 Å². The summed E-state index contributed by atoms with van der Waals surface area (Å²) < 4.78 is 16.7. The molecule has 0 spiro atoms. The summed E-state index contributed by atoms with van der Waals surface area (Å²) in [6.45, 7) is 9.53. The van der Waals surface area contributed by atoms with Crippen LogP contribution in [0.25, 0.3) is 0 Å². The molecule has 0 saturated heterocycles. The zero-order valence-electron chi connectivity index (χ0n) is 11.6. The maximum absolute atomic E-state index is 5.85. The number of likely N-dealkylation sites (N-methyl/N-ethyl adjacent to an activating group) is 1.